The van der Waals surface area contributed by atoms with E-state index in [0.29, 0.717) is 17.8 Å². The Labute approximate surface area is 109 Å². The highest BCUT2D eigenvalue weighted by Crippen LogP contribution is 2.20. The standard InChI is InChI=1S/C13H14N2O2S/c1-9-3-2-4-10(13(16)17)12(9)15-6-5-11-14-7-8-18-11/h2-4,7-8,15H,5-6H2,1H3,(H,16,17). The number of carboxylic acids is 1. The third-order valence-electron chi connectivity index (χ3n) is 2.63. The zero-order valence-electron chi connectivity index (χ0n) is 10.0. The number of aromatic nitrogens is 1. The fourth-order valence-corrected chi connectivity index (χ4v) is 2.37. The van der Waals surface area contributed by atoms with Gasteiger partial charge in [-0.3, -0.25) is 0 Å². The van der Waals surface area contributed by atoms with Crippen molar-refractivity contribution in [3.05, 3.63) is 45.9 Å². The van der Waals surface area contributed by atoms with Gasteiger partial charge in [0, 0.05) is 24.5 Å². The lowest BCUT2D eigenvalue weighted by Gasteiger charge is -2.11. The lowest BCUT2D eigenvalue weighted by molar-refractivity contribution is 0.0698. The summed E-state index contributed by atoms with van der Waals surface area (Å²) in [5.74, 6) is -0.907. The van der Waals surface area contributed by atoms with E-state index in [1.165, 1.54) is 0 Å². The molecular weight excluding hydrogens is 248 g/mol. The van der Waals surface area contributed by atoms with Crippen LogP contribution >= 0.6 is 11.3 Å². The van der Waals surface area contributed by atoms with Gasteiger partial charge < -0.3 is 10.4 Å². The van der Waals surface area contributed by atoms with E-state index in [1.54, 1.807) is 29.7 Å². The molecule has 0 fully saturated rings. The first kappa shape index (κ1) is 12.6. The molecule has 2 aromatic rings. The minimum Gasteiger partial charge on any atom is -0.478 e. The molecule has 0 amide bonds. The van der Waals surface area contributed by atoms with Crippen molar-refractivity contribution in [3.8, 4) is 0 Å². The number of hydrogen-bond acceptors (Lipinski definition) is 4. The van der Waals surface area contributed by atoms with Gasteiger partial charge in [0.05, 0.1) is 16.3 Å². The largest absolute Gasteiger partial charge is 0.478 e. The van der Waals surface area contributed by atoms with E-state index in [2.05, 4.69) is 10.3 Å². The number of rotatable bonds is 5. The Morgan fingerprint density at radius 1 is 1.50 bits per heavy atom. The number of aromatic carboxylic acids is 1. The monoisotopic (exact) mass is 262 g/mol. The van der Waals surface area contributed by atoms with Crippen LogP contribution in [-0.2, 0) is 6.42 Å². The summed E-state index contributed by atoms with van der Waals surface area (Å²) in [6.07, 6.45) is 2.57. The minimum absolute atomic E-state index is 0.314. The number of benzene rings is 1. The van der Waals surface area contributed by atoms with Crippen LogP contribution in [0.25, 0.3) is 0 Å². The first-order chi connectivity index (χ1) is 8.68. The van der Waals surface area contributed by atoms with Crippen LogP contribution < -0.4 is 5.32 Å². The first-order valence-electron chi connectivity index (χ1n) is 5.63. The van der Waals surface area contributed by atoms with E-state index in [-0.39, 0.29) is 0 Å². The predicted octanol–water partition coefficient (Wildman–Crippen LogP) is 2.80. The number of nitrogens with one attached hydrogen (secondary N) is 1. The van der Waals surface area contributed by atoms with Gasteiger partial charge in [-0.05, 0) is 18.6 Å². The SMILES string of the molecule is Cc1cccc(C(=O)O)c1NCCc1nccs1. The molecule has 18 heavy (non-hydrogen) atoms. The van der Waals surface area contributed by atoms with Crippen LogP contribution in [0.3, 0.4) is 0 Å². The number of aryl methyl sites for hydroxylation is 1. The normalized spacial score (nSPS) is 10.3. The summed E-state index contributed by atoms with van der Waals surface area (Å²) in [6.45, 7) is 2.58. The quantitative estimate of drug-likeness (QED) is 0.869. The average Bonchev–Trinajstić information content (AvgIpc) is 2.84. The van der Waals surface area contributed by atoms with Crippen LogP contribution in [0.5, 0.6) is 0 Å². The maximum atomic E-state index is 11.1. The van der Waals surface area contributed by atoms with Crippen LogP contribution in [0.2, 0.25) is 0 Å². The second-order valence-electron chi connectivity index (χ2n) is 3.91. The van der Waals surface area contributed by atoms with E-state index >= 15 is 0 Å². The van der Waals surface area contributed by atoms with Crippen LogP contribution in [0.1, 0.15) is 20.9 Å². The van der Waals surface area contributed by atoms with E-state index in [1.807, 2.05) is 18.4 Å². The molecule has 4 nitrogen and oxygen atoms in total. The number of para-hydroxylation sites is 1. The summed E-state index contributed by atoms with van der Waals surface area (Å²) in [5, 5.41) is 15.3. The molecule has 1 aromatic heterocycles. The van der Waals surface area contributed by atoms with Crippen LogP contribution in [0, 0.1) is 6.92 Å². The Kier molecular flexibility index (Phi) is 3.94. The fraction of sp³-hybridized carbons (Fsp3) is 0.231. The van der Waals surface area contributed by atoms with Crippen molar-refractivity contribution in [1.82, 2.24) is 4.98 Å². The van der Waals surface area contributed by atoms with Gasteiger partial charge in [0.1, 0.15) is 0 Å². The third-order valence-corrected chi connectivity index (χ3v) is 3.47. The molecule has 0 saturated heterocycles. The van der Waals surface area contributed by atoms with Gasteiger partial charge in [0.25, 0.3) is 0 Å². The molecule has 0 radical (unpaired) electrons. The maximum Gasteiger partial charge on any atom is 0.337 e. The molecule has 5 heteroatoms. The van der Waals surface area contributed by atoms with Crippen LogP contribution in [0.15, 0.2) is 29.8 Å². The molecular formula is C13H14N2O2S. The molecule has 94 valence electrons. The van der Waals surface area contributed by atoms with E-state index in [0.717, 1.165) is 17.0 Å². The highest BCUT2D eigenvalue weighted by molar-refractivity contribution is 7.09. The van der Waals surface area contributed by atoms with Crippen molar-refractivity contribution in [3.63, 3.8) is 0 Å². The van der Waals surface area contributed by atoms with Crippen molar-refractivity contribution in [2.75, 3.05) is 11.9 Å². The molecule has 2 rings (SSSR count). The second kappa shape index (κ2) is 5.64. The Balaban J connectivity index is 2.06. The number of hydrogen-bond donors (Lipinski definition) is 2. The summed E-state index contributed by atoms with van der Waals surface area (Å²) in [5.41, 5.74) is 1.95. The molecule has 0 unspecified atom stereocenters. The summed E-state index contributed by atoms with van der Waals surface area (Å²) in [6, 6.07) is 5.27. The smallest absolute Gasteiger partial charge is 0.337 e. The highest BCUT2D eigenvalue weighted by Gasteiger charge is 2.11. The Morgan fingerprint density at radius 3 is 3.00 bits per heavy atom. The number of carbonyl (C=O) groups is 1. The zero-order valence-corrected chi connectivity index (χ0v) is 10.8. The van der Waals surface area contributed by atoms with Crippen LogP contribution in [0.4, 0.5) is 5.69 Å². The summed E-state index contributed by atoms with van der Waals surface area (Å²) < 4.78 is 0. The van der Waals surface area contributed by atoms with Gasteiger partial charge in [-0.2, -0.15) is 0 Å². The summed E-state index contributed by atoms with van der Waals surface area (Å²) in [4.78, 5) is 15.3. The predicted molar refractivity (Wildman–Crippen MR) is 72.4 cm³/mol. The Hall–Kier alpha value is -1.88. The number of nitrogens with zero attached hydrogens (tertiary/aromatic N) is 1. The van der Waals surface area contributed by atoms with Gasteiger partial charge in [-0.25, -0.2) is 9.78 Å². The summed E-state index contributed by atoms with van der Waals surface area (Å²) >= 11 is 1.61. The van der Waals surface area contributed by atoms with Crippen molar-refractivity contribution in [1.29, 1.82) is 0 Å². The minimum atomic E-state index is -0.907. The van der Waals surface area contributed by atoms with E-state index in [4.69, 9.17) is 5.11 Å². The second-order valence-corrected chi connectivity index (χ2v) is 4.88. The molecule has 1 aromatic carbocycles. The van der Waals surface area contributed by atoms with E-state index in [9.17, 15) is 4.79 Å². The molecule has 0 bridgehead atoms. The molecule has 0 aliphatic heterocycles. The maximum absolute atomic E-state index is 11.1. The molecule has 2 N–H and O–H groups in total. The summed E-state index contributed by atoms with van der Waals surface area (Å²) in [7, 11) is 0. The van der Waals surface area contributed by atoms with Gasteiger partial charge in [-0.1, -0.05) is 12.1 Å². The zero-order chi connectivity index (χ0) is 13.0. The van der Waals surface area contributed by atoms with Gasteiger partial charge in [-0.15, -0.1) is 11.3 Å². The molecule has 0 spiro atoms. The fourth-order valence-electron chi connectivity index (χ4n) is 1.75. The number of thiazole rings is 1. The van der Waals surface area contributed by atoms with Crippen molar-refractivity contribution in [2.24, 2.45) is 0 Å². The topological polar surface area (TPSA) is 62.2 Å². The van der Waals surface area contributed by atoms with Gasteiger partial charge in [0.15, 0.2) is 0 Å². The molecule has 0 aliphatic rings. The van der Waals surface area contributed by atoms with Gasteiger partial charge in [0.2, 0.25) is 0 Å². The number of anilines is 1. The molecule has 0 saturated carbocycles. The third kappa shape index (κ3) is 2.87. The number of carboxylic acid groups (broad SMARTS) is 1. The van der Waals surface area contributed by atoms with Gasteiger partial charge >= 0.3 is 5.97 Å². The van der Waals surface area contributed by atoms with Crippen molar-refractivity contribution in [2.45, 2.75) is 13.3 Å². The Morgan fingerprint density at radius 2 is 2.33 bits per heavy atom. The van der Waals surface area contributed by atoms with Crippen molar-refractivity contribution >= 4 is 23.0 Å². The molecule has 0 atom stereocenters. The van der Waals surface area contributed by atoms with Crippen LogP contribution in [-0.4, -0.2) is 22.6 Å². The Bertz CT molecular complexity index is 538. The lowest BCUT2D eigenvalue weighted by atomic mass is 10.1. The van der Waals surface area contributed by atoms with E-state index < -0.39 is 5.97 Å². The molecule has 0 aliphatic carbocycles. The molecule has 1 heterocycles. The lowest BCUT2D eigenvalue weighted by Crippen LogP contribution is -2.10. The highest BCUT2D eigenvalue weighted by atomic mass is 32.1. The van der Waals surface area contributed by atoms with Crippen molar-refractivity contribution < 1.29 is 9.90 Å². The average molecular weight is 262 g/mol. The first-order valence-corrected chi connectivity index (χ1v) is 6.51.